The Morgan fingerprint density at radius 2 is 1.80 bits per heavy atom. The number of halogens is 1. The van der Waals surface area contributed by atoms with Gasteiger partial charge in [-0.3, -0.25) is 9.36 Å². The molecule has 206 valence electrons. The van der Waals surface area contributed by atoms with E-state index in [0.29, 0.717) is 26.7 Å². The van der Waals surface area contributed by atoms with Crippen LogP contribution in [0.1, 0.15) is 30.5 Å². The first-order valence-corrected chi connectivity index (χ1v) is 13.3. The van der Waals surface area contributed by atoms with Crippen molar-refractivity contribution in [3.63, 3.8) is 0 Å². The van der Waals surface area contributed by atoms with E-state index in [-0.39, 0.29) is 25.0 Å². The summed E-state index contributed by atoms with van der Waals surface area (Å²) in [4.78, 5) is 41.2. The van der Waals surface area contributed by atoms with Crippen LogP contribution in [0.4, 0.5) is 4.39 Å². The van der Waals surface area contributed by atoms with Crippen molar-refractivity contribution in [1.82, 2.24) is 24.1 Å². The number of carboxylic acid groups (broad SMARTS) is 1. The summed E-state index contributed by atoms with van der Waals surface area (Å²) in [6, 6.07) is 13.7. The maximum Gasteiger partial charge on any atom is 0.333 e. The van der Waals surface area contributed by atoms with Gasteiger partial charge in [-0.1, -0.05) is 41.7 Å². The number of nitrogens with zero attached hydrogens (tertiary/aromatic N) is 5. The number of aromatic nitrogens is 5. The van der Waals surface area contributed by atoms with Gasteiger partial charge in [0, 0.05) is 12.1 Å². The molecule has 0 unspecified atom stereocenters. The number of hydrogen-bond donors (Lipinski definition) is 1. The lowest BCUT2D eigenvalue weighted by Crippen LogP contribution is -2.52. The zero-order chi connectivity index (χ0) is 28.6. The van der Waals surface area contributed by atoms with E-state index in [1.165, 1.54) is 53.8 Å². The van der Waals surface area contributed by atoms with Crippen molar-refractivity contribution in [1.29, 1.82) is 0 Å². The number of carbonyl (C=O) groups is 1. The molecule has 0 spiro atoms. The van der Waals surface area contributed by atoms with Gasteiger partial charge in [0.05, 0.1) is 17.8 Å². The van der Waals surface area contributed by atoms with E-state index in [4.69, 9.17) is 4.74 Å². The summed E-state index contributed by atoms with van der Waals surface area (Å²) < 4.78 is 22.4. The molecule has 0 aliphatic carbocycles. The fourth-order valence-corrected chi connectivity index (χ4v) is 5.72. The second-order valence-electron chi connectivity index (χ2n) is 9.75. The quantitative estimate of drug-likeness (QED) is 0.289. The van der Waals surface area contributed by atoms with Crippen molar-refractivity contribution in [2.45, 2.75) is 45.9 Å². The highest BCUT2D eigenvalue weighted by molar-refractivity contribution is 7.21. The van der Waals surface area contributed by atoms with Gasteiger partial charge in [0.15, 0.2) is 0 Å². The molecular formula is C28H26FN5O5S. The molecule has 0 aliphatic rings. The molecule has 0 saturated heterocycles. The van der Waals surface area contributed by atoms with Crippen molar-refractivity contribution >= 4 is 27.5 Å². The Morgan fingerprint density at radius 3 is 2.48 bits per heavy atom. The zero-order valence-corrected chi connectivity index (χ0v) is 22.8. The lowest BCUT2D eigenvalue weighted by atomic mass is 10.1. The van der Waals surface area contributed by atoms with E-state index in [9.17, 15) is 23.9 Å². The third-order valence-corrected chi connectivity index (χ3v) is 8.02. The third-order valence-electron chi connectivity index (χ3n) is 6.73. The van der Waals surface area contributed by atoms with Crippen molar-refractivity contribution in [2.75, 3.05) is 0 Å². The summed E-state index contributed by atoms with van der Waals surface area (Å²) in [5.74, 6) is -1.34. The van der Waals surface area contributed by atoms with Crippen LogP contribution in [0.15, 0.2) is 70.5 Å². The predicted octanol–water partition coefficient (Wildman–Crippen LogP) is 3.89. The third kappa shape index (κ3) is 4.81. The number of fused-ring (bicyclic) bond motifs is 1. The average Bonchev–Trinajstić information content (AvgIpc) is 3.56. The van der Waals surface area contributed by atoms with Crippen LogP contribution in [-0.2, 0) is 29.9 Å². The van der Waals surface area contributed by atoms with E-state index in [1.807, 2.05) is 30.3 Å². The largest absolute Gasteiger partial charge is 0.489 e. The van der Waals surface area contributed by atoms with Crippen LogP contribution in [0.5, 0.6) is 5.75 Å². The lowest BCUT2D eigenvalue weighted by Gasteiger charge is -2.23. The maximum absolute atomic E-state index is 14.3. The van der Waals surface area contributed by atoms with E-state index >= 15 is 0 Å². The highest BCUT2D eigenvalue weighted by atomic mass is 32.1. The van der Waals surface area contributed by atoms with Crippen molar-refractivity contribution in [2.24, 2.45) is 0 Å². The summed E-state index contributed by atoms with van der Waals surface area (Å²) in [6.07, 6.45) is 3.15. The van der Waals surface area contributed by atoms with Crippen molar-refractivity contribution in [3.8, 4) is 10.8 Å². The minimum atomic E-state index is -1.83. The fourth-order valence-electron chi connectivity index (χ4n) is 4.48. The monoisotopic (exact) mass is 563 g/mol. The molecular weight excluding hydrogens is 537 g/mol. The number of rotatable bonds is 9. The van der Waals surface area contributed by atoms with Gasteiger partial charge in [0.1, 0.15) is 33.5 Å². The molecule has 5 rings (SSSR count). The number of aliphatic carboxylic acids is 1. The van der Waals surface area contributed by atoms with Crippen molar-refractivity contribution < 1.29 is 19.0 Å². The van der Waals surface area contributed by atoms with Crippen LogP contribution in [-0.4, -0.2) is 35.2 Å². The number of ether oxygens (including phenoxy) is 1. The first kappa shape index (κ1) is 27.0. The van der Waals surface area contributed by atoms with E-state index in [2.05, 4.69) is 10.2 Å². The summed E-state index contributed by atoms with van der Waals surface area (Å²) in [5, 5.41) is 18.9. The number of thiophene rings is 1. The minimum Gasteiger partial charge on any atom is -0.489 e. The number of benzene rings is 2. The first-order valence-electron chi connectivity index (χ1n) is 12.4. The highest BCUT2D eigenvalue weighted by Gasteiger charge is 2.35. The van der Waals surface area contributed by atoms with Crippen LogP contribution < -0.4 is 16.0 Å². The molecule has 3 heterocycles. The van der Waals surface area contributed by atoms with Gasteiger partial charge in [0.2, 0.25) is 0 Å². The minimum absolute atomic E-state index is 0.0302. The predicted molar refractivity (Wildman–Crippen MR) is 148 cm³/mol. The Bertz CT molecular complexity index is 1820. The SMILES string of the molecule is Cc1c(-n2nccn2)sc2c1c(=O)n(C(C)(C)C(=O)O)c(=O)n2CCc1cc(F)ccc1OCc1ccccc1. The molecule has 0 atom stereocenters. The Kier molecular flexibility index (Phi) is 7.11. The summed E-state index contributed by atoms with van der Waals surface area (Å²) >= 11 is 1.15. The van der Waals surface area contributed by atoms with Gasteiger partial charge in [-0.05, 0) is 56.5 Å². The number of hydrogen-bond acceptors (Lipinski definition) is 7. The first-order chi connectivity index (χ1) is 19.1. The standard InChI is InChI=1S/C28H26FN5O5S/c1-17-22-23(35)33(28(2,3)26(36)37)27(38)32(25(22)40-24(17)34-30-12-13-31-34)14-11-19-15-20(29)9-10-21(19)39-16-18-7-5-4-6-8-18/h4-10,12-13,15H,11,14,16H2,1-3H3,(H,36,37). The summed E-state index contributed by atoms with van der Waals surface area (Å²) in [5.41, 5.74) is -1.35. The Balaban J connectivity index is 1.61. The Labute approximate surface area is 231 Å². The molecule has 40 heavy (non-hydrogen) atoms. The van der Waals surface area contributed by atoms with Crippen LogP contribution in [0.25, 0.3) is 15.2 Å². The molecule has 3 aromatic heterocycles. The molecule has 10 nitrogen and oxygen atoms in total. The van der Waals surface area contributed by atoms with Gasteiger partial charge in [-0.15, -0.1) is 4.80 Å². The maximum atomic E-state index is 14.3. The van der Waals surface area contributed by atoms with Crippen LogP contribution in [0.2, 0.25) is 0 Å². The Morgan fingerprint density at radius 1 is 1.10 bits per heavy atom. The van der Waals surface area contributed by atoms with Crippen LogP contribution in [0.3, 0.4) is 0 Å². The van der Waals surface area contributed by atoms with Crippen LogP contribution in [0, 0.1) is 12.7 Å². The fraction of sp³-hybridized carbons (Fsp3) is 0.250. The molecule has 0 aliphatic heterocycles. The molecule has 0 fully saturated rings. The van der Waals surface area contributed by atoms with Gasteiger partial charge in [-0.2, -0.15) is 10.2 Å². The Hall–Kier alpha value is -4.58. The smallest absolute Gasteiger partial charge is 0.333 e. The zero-order valence-electron chi connectivity index (χ0n) is 22.0. The molecule has 5 aromatic rings. The molecule has 0 saturated carbocycles. The normalized spacial score (nSPS) is 11.7. The van der Waals surface area contributed by atoms with Gasteiger partial charge in [-0.25, -0.2) is 18.5 Å². The van der Waals surface area contributed by atoms with Gasteiger partial charge < -0.3 is 9.84 Å². The van der Waals surface area contributed by atoms with Crippen LogP contribution >= 0.6 is 11.3 Å². The van der Waals surface area contributed by atoms with Gasteiger partial charge >= 0.3 is 11.7 Å². The summed E-state index contributed by atoms with van der Waals surface area (Å²) in [7, 11) is 0. The molecule has 2 aromatic carbocycles. The second kappa shape index (κ2) is 10.5. The molecule has 12 heteroatoms. The summed E-state index contributed by atoms with van der Waals surface area (Å²) in [6.45, 7) is 4.60. The highest BCUT2D eigenvalue weighted by Crippen LogP contribution is 2.31. The lowest BCUT2D eigenvalue weighted by molar-refractivity contribution is -0.146. The molecule has 0 radical (unpaired) electrons. The molecule has 1 N–H and O–H groups in total. The molecule has 0 amide bonds. The number of aryl methyl sites for hydroxylation is 3. The number of carboxylic acids is 1. The van der Waals surface area contributed by atoms with Gasteiger partial charge in [0.25, 0.3) is 5.56 Å². The van der Waals surface area contributed by atoms with E-state index in [0.717, 1.165) is 21.5 Å². The molecule has 0 bridgehead atoms. The average molecular weight is 564 g/mol. The van der Waals surface area contributed by atoms with E-state index in [1.54, 1.807) is 6.92 Å². The van der Waals surface area contributed by atoms with Crippen molar-refractivity contribution in [3.05, 3.63) is 104 Å². The topological polar surface area (TPSA) is 121 Å². The second-order valence-corrected chi connectivity index (χ2v) is 10.7. The van der Waals surface area contributed by atoms with E-state index < -0.39 is 28.6 Å².